The number of rotatable bonds is 7. The highest BCUT2D eigenvalue weighted by Crippen LogP contribution is 2.20. The van der Waals surface area contributed by atoms with Gasteiger partial charge in [0.15, 0.2) is 0 Å². The molecule has 0 aromatic heterocycles. The average Bonchev–Trinajstić information content (AvgIpc) is 2.68. The number of hydrogen-bond acceptors (Lipinski definition) is 5. The summed E-state index contributed by atoms with van der Waals surface area (Å²) in [5, 5.41) is 8.59. The van der Waals surface area contributed by atoms with Crippen molar-refractivity contribution in [2.24, 2.45) is 0 Å². The van der Waals surface area contributed by atoms with Gasteiger partial charge in [0.1, 0.15) is 0 Å². The van der Waals surface area contributed by atoms with Crippen LogP contribution in [0.2, 0.25) is 0 Å². The number of carbonyl (C=O) groups excluding carboxylic acids is 3. The zero-order chi connectivity index (χ0) is 19.8. The summed E-state index contributed by atoms with van der Waals surface area (Å²) in [6.45, 7) is 3.75. The Bertz CT molecular complexity index is 832. The molecule has 0 saturated heterocycles. The molecule has 7 heteroatoms. The first-order valence-corrected chi connectivity index (χ1v) is 8.55. The summed E-state index contributed by atoms with van der Waals surface area (Å²) in [4.78, 5) is 35.1. The standard InChI is InChI=1S/C20H23N3O4/c1-4-18(24)23-17-11-16(8-5-13(17)2)21-12-19(25)22-15-9-6-14(7-10-15)20(26)27-3/h5-11,21H,4,12H2,1-3H3,(H,22,25)(H,23,24). The van der Waals surface area contributed by atoms with Gasteiger partial charge in [0, 0.05) is 23.5 Å². The van der Waals surface area contributed by atoms with Gasteiger partial charge >= 0.3 is 5.97 Å². The molecule has 7 nitrogen and oxygen atoms in total. The molecule has 0 saturated carbocycles. The molecular weight excluding hydrogens is 346 g/mol. The summed E-state index contributed by atoms with van der Waals surface area (Å²) < 4.78 is 4.63. The summed E-state index contributed by atoms with van der Waals surface area (Å²) in [6, 6.07) is 11.9. The second-order valence-electron chi connectivity index (χ2n) is 5.90. The van der Waals surface area contributed by atoms with Gasteiger partial charge in [-0.25, -0.2) is 4.79 Å². The molecule has 0 aliphatic carbocycles. The van der Waals surface area contributed by atoms with E-state index in [4.69, 9.17) is 0 Å². The van der Waals surface area contributed by atoms with Gasteiger partial charge in [0.2, 0.25) is 11.8 Å². The first kappa shape index (κ1) is 20.0. The number of anilines is 3. The maximum absolute atomic E-state index is 12.1. The Balaban J connectivity index is 1.92. The molecule has 0 radical (unpaired) electrons. The predicted octanol–water partition coefficient (Wildman–Crippen LogP) is 3.18. The predicted molar refractivity (Wildman–Crippen MR) is 105 cm³/mol. The van der Waals surface area contributed by atoms with Gasteiger partial charge in [-0.3, -0.25) is 9.59 Å². The number of aryl methyl sites for hydroxylation is 1. The van der Waals surface area contributed by atoms with Crippen molar-refractivity contribution in [2.75, 3.05) is 29.6 Å². The minimum absolute atomic E-state index is 0.0585. The Morgan fingerprint density at radius 1 is 0.926 bits per heavy atom. The fourth-order valence-corrected chi connectivity index (χ4v) is 2.30. The van der Waals surface area contributed by atoms with Gasteiger partial charge in [-0.1, -0.05) is 13.0 Å². The molecule has 0 heterocycles. The Hall–Kier alpha value is -3.35. The highest BCUT2D eigenvalue weighted by atomic mass is 16.5. The van der Waals surface area contributed by atoms with Crippen LogP contribution in [0.1, 0.15) is 29.3 Å². The smallest absolute Gasteiger partial charge is 0.337 e. The van der Waals surface area contributed by atoms with E-state index in [0.717, 1.165) is 11.3 Å². The fraction of sp³-hybridized carbons (Fsp3) is 0.250. The van der Waals surface area contributed by atoms with Crippen molar-refractivity contribution in [3.63, 3.8) is 0 Å². The first-order chi connectivity index (χ1) is 12.9. The van der Waals surface area contributed by atoms with Gasteiger partial charge in [-0.05, 0) is 48.9 Å². The van der Waals surface area contributed by atoms with Crippen LogP contribution in [0.15, 0.2) is 42.5 Å². The molecule has 0 unspecified atom stereocenters. The summed E-state index contributed by atoms with van der Waals surface area (Å²) in [5.41, 5.74) is 3.37. The first-order valence-electron chi connectivity index (χ1n) is 8.55. The van der Waals surface area contributed by atoms with Crippen molar-refractivity contribution < 1.29 is 19.1 Å². The lowest BCUT2D eigenvalue weighted by Crippen LogP contribution is -2.22. The molecule has 27 heavy (non-hydrogen) atoms. The van der Waals surface area contributed by atoms with Crippen LogP contribution in [0.25, 0.3) is 0 Å². The second kappa shape index (κ2) is 9.38. The molecule has 0 bridgehead atoms. The maximum Gasteiger partial charge on any atom is 0.337 e. The zero-order valence-electron chi connectivity index (χ0n) is 15.6. The zero-order valence-corrected chi connectivity index (χ0v) is 15.6. The van der Waals surface area contributed by atoms with E-state index in [2.05, 4.69) is 20.7 Å². The van der Waals surface area contributed by atoms with Crippen molar-refractivity contribution in [3.05, 3.63) is 53.6 Å². The quantitative estimate of drug-likeness (QED) is 0.652. The number of esters is 1. The molecular formula is C20H23N3O4. The lowest BCUT2D eigenvalue weighted by Gasteiger charge is -2.12. The van der Waals surface area contributed by atoms with E-state index < -0.39 is 5.97 Å². The number of nitrogens with one attached hydrogen (secondary N) is 3. The number of amides is 2. The highest BCUT2D eigenvalue weighted by Gasteiger charge is 2.08. The topological polar surface area (TPSA) is 96.5 Å². The molecule has 3 N–H and O–H groups in total. The highest BCUT2D eigenvalue weighted by molar-refractivity contribution is 5.95. The van der Waals surface area contributed by atoms with Crippen LogP contribution in [-0.4, -0.2) is 31.4 Å². The van der Waals surface area contributed by atoms with Gasteiger partial charge in [0.25, 0.3) is 0 Å². The van der Waals surface area contributed by atoms with E-state index in [1.807, 2.05) is 19.1 Å². The van der Waals surface area contributed by atoms with Crippen molar-refractivity contribution in [1.82, 2.24) is 0 Å². The van der Waals surface area contributed by atoms with E-state index >= 15 is 0 Å². The van der Waals surface area contributed by atoms with Gasteiger partial charge in [-0.15, -0.1) is 0 Å². The van der Waals surface area contributed by atoms with E-state index in [1.54, 1.807) is 37.3 Å². The van der Waals surface area contributed by atoms with Crippen molar-refractivity contribution in [1.29, 1.82) is 0 Å². The molecule has 0 atom stereocenters. The molecule has 0 aliphatic rings. The normalized spacial score (nSPS) is 10.0. The Labute approximate surface area is 158 Å². The third-order valence-electron chi connectivity index (χ3n) is 3.88. The van der Waals surface area contributed by atoms with E-state index in [0.29, 0.717) is 23.4 Å². The Morgan fingerprint density at radius 2 is 1.59 bits per heavy atom. The Morgan fingerprint density at radius 3 is 2.22 bits per heavy atom. The van der Waals surface area contributed by atoms with Crippen LogP contribution in [0, 0.1) is 6.92 Å². The lowest BCUT2D eigenvalue weighted by molar-refractivity contribution is -0.116. The number of benzene rings is 2. The molecule has 0 aliphatic heterocycles. The largest absolute Gasteiger partial charge is 0.465 e. The number of ether oxygens (including phenoxy) is 1. The third-order valence-corrected chi connectivity index (χ3v) is 3.88. The minimum Gasteiger partial charge on any atom is -0.465 e. The van der Waals surface area contributed by atoms with Crippen LogP contribution in [0.4, 0.5) is 17.1 Å². The summed E-state index contributed by atoms with van der Waals surface area (Å²) in [7, 11) is 1.31. The molecule has 2 aromatic rings. The van der Waals surface area contributed by atoms with Crippen LogP contribution in [0.5, 0.6) is 0 Å². The van der Waals surface area contributed by atoms with Crippen LogP contribution >= 0.6 is 0 Å². The summed E-state index contributed by atoms with van der Waals surface area (Å²) >= 11 is 0. The Kier molecular flexibility index (Phi) is 6.93. The monoisotopic (exact) mass is 369 g/mol. The van der Waals surface area contributed by atoms with Crippen molar-refractivity contribution >= 4 is 34.8 Å². The van der Waals surface area contributed by atoms with Crippen LogP contribution in [-0.2, 0) is 14.3 Å². The van der Waals surface area contributed by atoms with Crippen LogP contribution < -0.4 is 16.0 Å². The van der Waals surface area contributed by atoms with Gasteiger partial charge in [0.05, 0.1) is 19.2 Å². The third kappa shape index (κ3) is 5.85. The molecule has 2 rings (SSSR count). The molecule has 0 spiro atoms. The van der Waals surface area contributed by atoms with Crippen molar-refractivity contribution in [2.45, 2.75) is 20.3 Å². The second-order valence-corrected chi connectivity index (χ2v) is 5.90. The number of methoxy groups -OCH3 is 1. The van der Waals surface area contributed by atoms with Crippen LogP contribution in [0.3, 0.4) is 0 Å². The molecule has 2 aromatic carbocycles. The van der Waals surface area contributed by atoms with E-state index in [9.17, 15) is 14.4 Å². The van der Waals surface area contributed by atoms with Gasteiger partial charge < -0.3 is 20.7 Å². The average molecular weight is 369 g/mol. The van der Waals surface area contributed by atoms with Gasteiger partial charge in [-0.2, -0.15) is 0 Å². The molecule has 0 fully saturated rings. The number of hydrogen-bond donors (Lipinski definition) is 3. The maximum atomic E-state index is 12.1. The summed E-state index contributed by atoms with van der Waals surface area (Å²) in [5.74, 6) is -0.733. The minimum atomic E-state index is -0.431. The molecule has 2 amide bonds. The van der Waals surface area contributed by atoms with E-state index in [-0.39, 0.29) is 18.4 Å². The van der Waals surface area contributed by atoms with Crippen molar-refractivity contribution in [3.8, 4) is 0 Å². The number of carbonyl (C=O) groups is 3. The lowest BCUT2D eigenvalue weighted by atomic mass is 10.1. The van der Waals surface area contributed by atoms with E-state index in [1.165, 1.54) is 7.11 Å². The fourth-order valence-electron chi connectivity index (χ4n) is 2.30. The summed E-state index contributed by atoms with van der Waals surface area (Å²) in [6.07, 6.45) is 0.397. The molecule has 142 valence electrons. The SMILES string of the molecule is CCC(=O)Nc1cc(NCC(=O)Nc2ccc(C(=O)OC)cc2)ccc1C.